The van der Waals surface area contributed by atoms with Gasteiger partial charge in [0, 0.05) is 18.1 Å². The molecular weight excluding hydrogens is 280 g/mol. The summed E-state index contributed by atoms with van der Waals surface area (Å²) in [5.41, 5.74) is 0.984. The van der Waals surface area contributed by atoms with Gasteiger partial charge in [-0.1, -0.05) is 0 Å². The van der Waals surface area contributed by atoms with Crippen LogP contribution in [0.15, 0.2) is 67.0 Å². The minimum atomic E-state index is 0. The Morgan fingerprint density at radius 1 is 1.00 bits per heavy atom. The first-order chi connectivity index (χ1) is 8.90. The van der Waals surface area contributed by atoms with Crippen molar-refractivity contribution in [2.75, 3.05) is 7.11 Å². The molecule has 0 aliphatic carbocycles. The number of aromatic nitrogens is 2. The van der Waals surface area contributed by atoms with Gasteiger partial charge >= 0.3 is 17.1 Å². The van der Waals surface area contributed by atoms with Crippen molar-refractivity contribution < 1.29 is 21.8 Å². The van der Waals surface area contributed by atoms with Gasteiger partial charge in [0.1, 0.15) is 0 Å². The van der Waals surface area contributed by atoms with Crippen molar-refractivity contribution in [1.29, 1.82) is 0 Å². The van der Waals surface area contributed by atoms with Crippen LogP contribution in [0.1, 0.15) is 0 Å². The van der Waals surface area contributed by atoms with Gasteiger partial charge in [0.2, 0.25) is 0 Å². The smallest absolute Gasteiger partial charge is 0.517 e. The summed E-state index contributed by atoms with van der Waals surface area (Å²) in [6, 6.07) is 17.5. The number of methoxy groups -OCH3 is 1. The Hall–Kier alpha value is -1.90. The number of rotatable bonds is 2. The van der Waals surface area contributed by atoms with E-state index in [1.807, 2.05) is 48.5 Å². The molecule has 3 aromatic rings. The molecule has 19 heavy (non-hydrogen) atoms. The predicted molar refractivity (Wildman–Crippen MR) is 71.6 cm³/mol. The van der Waals surface area contributed by atoms with Gasteiger partial charge in [0.15, 0.2) is 0 Å². The quantitative estimate of drug-likeness (QED) is 0.537. The van der Waals surface area contributed by atoms with Crippen LogP contribution in [-0.4, -0.2) is 17.1 Å². The van der Waals surface area contributed by atoms with E-state index in [1.54, 1.807) is 25.6 Å². The van der Waals surface area contributed by atoms with Crippen LogP contribution in [0, 0.1) is 0 Å². The van der Waals surface area contributed by atoms with E-state index in [4.69, 9.17) is 4.74 Å². The second-order valence-corrected chi connectivity index (χ2v) is 3.57. The molecule has 0 radical (unpaired) electrons. The van der Waals surface area contributed by atoms with E-state index in [9.17, 15) is 0 Å². The summed E-state index contributed by atoms with van der Waals surface area (Å²) in [4.78, 5) is 8.26. The average molecular weight is 294 g/mol. The summed E-state index contributed by atoms with van der Waals surface area (Å²) < 4.78 is 5.06. The molecule has 3 rings (SSSR count). The maximum atomic E-state index is 5.06. The molecule has 0 aliphatic rings. The first kappa shape index (κ1) is 15.2. The molecule has 0 atom stereocenters. The summed E-state index contributed by atoms with van der Waals surface area (Å²) in [5, 5.41) is 0. The molecular formula is C15H14FeN2O. The van der Waals surface area contributed by atoms with Gasteiger partial charge in [0.25, 0.3) is 0 Å². The molecule has 4 heteroatoms. The number of hydrogen-bond donors (Lipinski definition) is 0. The van der Waals surface area contributed by atoms with Crippen LogP contribution in [-0.2, 0) is 17.1 Å². The molecule has 0 saturated heterocycles. The maximum absolute atomic E-state index is 5.06. The summed E-state index contributed by atoms with van der Waals surface area (Å²) in [6.07, 6.45) is 3.45. The largest absolute Gasteiger partial charge is 2.00 e. The van der Waals surface area contributed by atoms with E-state index < -0.39 is 0 Å². The summed E-state index contributed by atoms with van der Waals surface area (Å²) in [7, 11) is 1.64. The third kappa shape index (κ3) is 4.70. The third-order valence-electron chi connectivity index (χ3n) is 2.34. The van der Waals surface area contributed by atoms with Crippen LogP contribution < -0.4 is 4.74 Å². The summed E-state index contributed by atoms with van der Waals surface area (Å²) in [6.45, 7) is 0. The Labute approximate surface area is 123 Å². The second kappa shape index (κ2) is 8.25. The fourth-order valence-electron chi connectivity index (χ4n) is 1.46. The van der Waals surface area contributed by atoms with Gasteiger partial charge < -0.3 is 4.74 Å². The van der Waals surface area contributed by atoms with E-state index >= 15 is 0 Å². The minimum absolute atomic E-state index is 0. The fourth-order valence-corrected chi connectivity index (χ4v) is 1.46. The molecule has 0 fully saturated rings. The molecule has 98 valence electrons. The molecule has 2 aromatic carbocycles. The zero-order chi connectivity index (χ0) is 12.6. The van der Waals surface area contributed by atoms with Gasteiger partial charge in [-0.25, -0.2) is 12.1 Å². The summed E-state index contributed by atoms with van der Waals surface area (Å²) >= 11 is 0. The van der Waals surface area contributed by atoms with Crippen molar-refractivity contribution in [1.82, 2.24) is 9.97 Å². The Morgan fingerprint density at radius 3 is 2.16 bits per heavy atom. The van der Waals surface area contributed by atoms with Gasteiger partial charge in [-0.15, -0.1) is 17.7 Å². The number of nitrogens with zero attached hydrogens (tertiary/aromatic N) is 2. The molecule has 0 spiro atoms. The van der Waals surface area contributed by atoms with Gasteiger partial charge in [-0.2, -0.15) is 24.3 Å². The Kier molecular flexibility index (Phi) is 6.58. The van der Waals surface area contributed by atoms with Crippen molar-refractivity contribution in [2.24, 2.45) is 0 Å². The van der Waals surface area contributed by atoms with E-state index in [2.05, 4.69) is 9.97 Å². The van der Waals surface area contributed by atoms with Crippen LogP contribution in [0.5, 0.6) is 5.75 Å². The topological polar surface area (TPSA) is 35.0 Å². The van der Waals surface area contributed by atoms with E-state index in [1.165, 1.54) is 0 Å². The van der Waals surface area contributed by atoms with Crippen LogP contribution in [0.4, 0.5) is 0 Å². The predicted octanol–water partition coefficient (Wildman–Crippen LogP) is 3.27. The first-order valence-electron chi connectivity index (χ1n) is 5.65. The molecule has 0 bridgehead atoms. The van der Waals surface area contributed by atoms with E-state index in [-0.39, 0.29) is 17.1 Å². The Balaban J connectivity index is 0.000000256. The van der Waals surface area contributed by atoms with Crippen LogP contribution in [0.3, 0.4) is 0 Å². The van der Waals surface area contributed by atoms with Gasteiger partial charge in [-0.3, -0.25) is 9.97 Å². The van der Waals surface area contributed by atoms with Crippen LogP contribution >= 0.6 is 0 Å². The van der Waals surface area contributed by atoms with E-state index in [0.29, 0.717) is 0 Å². The Morgan fingerprint density at radius 2 is 1.68 bits per heavy atom. The van der Waals surface area contributed by atoms with Crippen molar-refractivity contribution in [3.63, 3.8) is 0 Å². The number of hydrogen-bond acceptors (Lipinski definition) is 3. The standard InChI is InChI=1S/C10H9N2O.C5H5.Fe/c1-13-9-4-3-8(7-9)10-11-5-2-6-12-10;1-2-4-5-3-1;/h2-7H,1H3;1-5H;/q2*-1;+2. The third-order valence-corrected chi connectivity index (χ3v) is 2.34. The van der Waals surface area contributed by atoms with Crippen molar-refractivity contribution >= 4 is 0 Å². The molecule has 1 aromatic heterocycles. The second-order valence-electron chi connectivity index (χ2n) is 3.57. The molecule has 0 amide bonds. The molecule has 0 N–H and O–H groups in total. The first-order valence-corrected chi connectivity index (χ1v) is 5.65. The van der Waals surface area contributed by atoms with E-state index in [0.717, 1.165) is 17.1 Å². The zero-order valence-electron chi connectivity index (χ0n) is 10.5. The fraction of sp³-hybridized carbons (Fsp3) is 0.0667. The molecule has 1 heterocycles. The van der Waals surface area contributed by atoms with Crippen molar-refractivity contribution in [3.8, 4) is 17.1 Å². The van der Waals surface area contributed by atoms with Crippen molar-refractivity contribution in [2.45, 2.75) is 0 Å². The molecule has 3 nitrogen and oxygen atoms in total. The minimum Gasteiger partial charge on any atom is -0.517 e. The Bertz CT molecular complexity index is 529. The van der Waals surface area contributed by atoms with Crippen molar-refractivity contribution in [3.05, 3.63) is 67.0 Å². The molecule has 0 unspecified atom stereocenters. The van der Waals surface area contributed by atoms with Crippen LogP contribution in [0.25, 0.3) is 11.4 Å². The summed E-state index contributed by atoms with van der Waals surface area (Å²) in [5.74, 6) is 1.56. The molecule has 0 aliphatic heterocycles. The van der Waals surface area contributed by atoms with Crippen LogP contribution in [0.2, 0.25) is 0 Å². The number of ether oxygens (including phenoxy) is 1. The zero-order valence-corrected chi connectivity index (χ0v) is 11.6. The van der Waals surface area contributed by atoms with Gasteiger partial charge in [0.05, 0.1) is 12.9 Å². The SMILES string of the molecule is COc1ccc(-c2ncccn2)[cH-]1.[Fe+2].c1cc[cH-]c1. The monoisotopic (exact) mass is 294 g/mol. The maximum Gasteiger partial charge on any atom is 2.00 e. The average Bonchev–Trinajstić information content (AvgIpc) is 3.14. The van der Waals surface area contributed by atoms with Gasteiger partial charge in [-0.05, 0) is 6.07 Å². The normalized spacial score (nSPS) is 8.89. The molecule has 0 saturated carbocycles.